The summed E-state index contributed by atoms with van der Waals surface area (Å²) in [6, 6.07) is 7.86. The average molecular weight is 264 g/mol. The first-order chi connectivity index (χ1) is 9.19. The van der Waals surface area contributed by atoms with Gasteiger partial charge in [0.15, 0.2) is 0 Å². The van der Waals surface area contributed by atoms with Crippen LogP contribution in [0.3, 0.4) is 0 Å². The van der Waals surface area contributed by atoms with E-state index in [0.717, 1.165) is 30.6 Å². The van der Waals surface area contributed by atoms with E-state index in [0.29, 0.717) is 13.1 Å². The average Bonchev–Trinajstić information content (AvgIpc) is 2.45. The van der Waals surface area contributed by atoms with Gasteiger partial charge in [0.1, 0.15) is 5.75 Å². The molecular formula is C15H24N2O2. The van der Waals surface area contributed by atoms with Crippen LogP contribution in [0.15, 0.2) is 24.3 Å². The van der Waals surface area contributed by atoms with E-state index in [1.807, 2.05) is 31.2 Å². The molecule has 0 aromatic heterocycles. The first-order valence-electron chi connectivity index (χ1n) is 6.78. The van der Waals surface area contributed by atoms with Crippen LogP contribution in [0.1, 0.15) is 25.3 Å². The molecule has 0 spiro atoms. The summed E-state index contributed by atoms with van der Waals surface area (Å²) in [5, 5.41) is 2.96. The monoisotopic (exact) mass is 264 g/mol. The number of hydrogen-bond donors (Lipinski definition) is 2. The minimum atomic E-state index is 0.0289. The number of carbonyl (C=O) groups excluding carboxylic acids is 1. The standard InChI is InChI=1S/C15H24N2O2/c1-12(6-5-10-16)15(18)17-11-9-13-7-3-4-8-14(13)19-2/h3-4,7-8,12H,5-6,9-11,16H2,1-2H3,(H,17,18). The van der Waals surface area contributed by atoms with E-state index in [4.69, 9.17) is 10.5 Å². The van der Waals surface area contributed by atoms with Crippen LogP contribution in [-0.4, -0.2) is 26.1 Å². The third-order valence-electron chi connectivity index (χ3n) is 3.17. The number of hydrogen-bond acceptors (Lipinski definition) is 3. The van der Waals surface area contributed by atoms with Gasteiger partial charge in [0.05, 0.1) is 7.11 Å². The van der Waals surface area contributed by atoms with Crippen molar-refractivity contribution in [3.05, 3.63) is 29.8 Å². The Bertz CT molecular complexity index is 393. The predicted octanol–water partition coefficient (Wildman–Crippen LogP) is 1.73. The SMILES string of the molecule is COc1ccccc1CCNC(=O)C(C)CCCN. The Balaban J connectivity index is 2.35. The number of nitrogens with two attached hydrogens (primary N) is 1. The van der Waals surface area contributed by atoms with Crippen LogP contribution in [0.25, 0.3) is 0 Å². The fraction of sp³-hybridized carbons (Fsp3) is 0.533. The zero-order valence-electron chi connectivity index (χ0n) is 11.8. The summed E-state index contributed by atoms with van der Waals surface area (Å²) in [4.78, 5) is 11.8. The predicted molar refractivity (Wildman–Crippen MR) is 77.2 cm³/mol. The van der Waals surface area contributed by atoms with E-state index in [1.54, 1.807) is 7.11 Å². The minimum Gasteiger partial charge on any atom is -0.496 e. The first kappa shape index (κ1) is 15.5. The first-order valence-corrected chi connectivity index (χ1v) is 6.78. The van der Waals surface area contributed by atoms with Crippen molar-refractivity contribution >= 4 is 5.91 Å². The summed E-state index contributed by atoms with van der Waals surface area (Å²) in [6.07, 6.45) is 2.51. The van der Waals surface area contributed by atoms with Crippen LogP contribution in [0.2, 0.25) is 0 Å². The van der Waals surface area contributed by atoms with Crippen molar-refractivity contribution in [3.63, 3.8) is 0 Å². The molecule has 1 aromatic carbocycles. The minimum absolute atomic E-state index is 0.0289. The molecule has 1 atom stereocenters. The van der Waals surface area contributed by atoms with Crippen molar-refractivity contribution in [2.45, 2.75) is 26.2 Å². The number of amides is 1. The number of nitrogens with one attached hydrogen (secondary N) is 1. The van der Waals surface area contributed by atoms with E-state index in [9.17, 15) is 4.79 Å². The van der Waals surface area contributed by atoms with Crippen molar-refractivity contribution in [1.82, 2.24) is 5.32 Å². The number of para-hydroxylation sites is 1. The lowest BCUT2D eigenvalue weighted by Gasteiger charge is -2.12. The van der Waals surface area contributed by atoms with Crippen LogP contribution in [0, 0.1) is 5.92 Å². The second-order valence-corrected chi connectivity index (χ2v) is 4.68. The molecule has 0 bridgehead atoms. The van der Waals surface area contributed by atoms with Crippen LogP contribution >= 0.6 is 0 Å². The normalized spacial score (nSPS) is 11.9. The van der Waals surface area contributed by atoms with Crippen molar-refractivity contribution in [3.8, 4) is 5.75 Å². The quantitative estimate of drug-likeness (QED) is 0.751. The van der Waals surface area contributed by atoms with Gasteiger partial charge in [0, 0.05) is 12.5 Å². The van der Waals surface area contributed by atoms with Gasteiger partial charge in [-0.25, -0.2) is 0 Å². The third-order valence-corrected chi connectivity index (χ3v) is 3.17. The molecule has 0 fully saturated rings. The molecule has 1 unspecified atom stereocenters. The molecule has 106 valence electrons. The Morgan fingerprint density at radius 1 is 1.42 bits per heavy atom. The second kappa shape index (κ2) is 8.53. The van der Waals surface area contributed by atoms with E-state index in [1.165, 1.54) is 0 Å². The molecule has 0 aliphatic rings. The number of ether oxygens (including phenoxy) is 1. The zero-order chi connectivity index (χ0) is 14.1. The van der Waals surface area contributed by atoms with Gasteiger partial charge in [0.2, 0.25) is 5.91 Å². The Kier molecular flexibility index (Phi) is 6.97. The smallest absolute Gasteiger partial charge is 0.222 e. The molecule has 1 amide bonds. The van der Waals surface area contributed by atoms with Gasteiger partial charge in [-0.05, 0) is 37.4 Å². The highest BCUT2D eigenvalue weighted by atomic mass is 16.5. The number of benzene rings is 1. The Labute approximate surface area is 115 Å². The molecule has 0 aliphatic carbocycles. The topological polar surface area (TPSA) is 64.3 Å². The Morgan fingerprint density at radius 3 is 2.84 bits per heavy atom. The molecule has 0 saturated carbocycles. The highest BCUT2D eigenvalue weighted by molar-refractivity contribution is 5.78. The molecule has 4 heteroatoms. The van der Waals surface area contributed by atoms with E-state index in [-0.39, 0.29) is 11.8 Å². The second-order valence-electron chi connectivity index (χ2n) is 4.68. The number of carbonyl (C=O) groups is 1. The van der Waals surface area contributed by atoms with Crippen molar-refractivity contribution in [1.29, 1.82) is 0 Å². The van der Waals surface area contributed by atoms with E-state index >= 15 is 0 Å². The fourth-order valence-corrected chi connectivity index (χ4v) is 1.96. The van der Waals surface area contributed by atoms with Crippen molar-refractivity contribution in [2.75, 3.05) is 20.2 Å². The van der Waals surface area contributed by atoms with E-state index in [2.05, 4.69) is 5.32 Å². The summed E-state index contributed by atoms with van der Waals surface area (Å²) >= 11 is 0. The van der Waals surface area contributed by atoms with Gasteiger partial charge in [-0.2, -0.15) is 0 Å². The molecule has 1 aromatic rings. The van der Waals surface area contributed by atoms with Crippen molar-refractivity contribution < 1.29 is 9.53 Å². The van der Waals surface area contributed by atoms with Crippen LogP contribution in [0.4, 0.5) is 0 Å². The van der Waals surface area contributed by atoms with Gasteiger partial charge in [0.25, 0.3) is 0 Å². The highest BCUT2D eigenvalue weighted by Crippen LogP contribution is 2.17. The molecule has 1 rings (SSSR count). The Morgan fingerprint density at radius 2 is 2.16 bits per heavy atom. The lowest BCUT2D eigenvalue weighted by Crippen LogP contribution is -2.31. The summed E-state index contributed by atoms with van der Waals surface area (Å²) in [5.74, 6) is 0.998. The molecule has 0 radical (unpaired) electrons. The maximum atomic E-state index is 11.8. The van der Waals surface area contributed by atoms with Gasteiger partial charge in [-0.15, -0.1) is 0 Å². The summed E-state index contributed by atoms with van der Waals surface area (Å²) in [7, 11) is 1.66. The fourth-order valence-electron chi connectivity index (χ4n) is 1.96. The molecule has 0 aliphatic heterocycles. The molecule has 0 heterocycles. The molecule has 3 N–H and O–H groups in total. The van der Waals surface area contributed by atoms with Crippen LogP contribution < -0.4 is 15.8 Å². The van der Waals surface area contributed by atoms with Gasteiger partial charge in [-0.1, -0.05) is 25.1 Å². The zero-order valence-corrected chi connectivity index (χ0v) is 11.8. The molecule has 0 saturated heterocycles. The lowest BCUT2D eigenvalue weighted by molar-refractivity contribution is -0.124. The van der Waals surface area contributed by atoms with E-state index < -0.39 is 0 Å². The van der Waals surface area contributed by atoms with Gasteiger partial charge >= 0.3 is 0 Å². The largest absolute Gasteiger partial charge is 0.496 e. The van der Waals surface area contributed by atoms with Gasteiger partial charge < -0.3 is 15.8 Å². The maximum absolute atomic E-state index is 11.8. The molecular weight excluding hydrogens is 240 g/mol. The van der Waals surface area contributed by atoms with Crippen LogP contribution in [0.5, 0.6) is 5.75 Å². The maximum Gasteiger partial charge on any atom is 0.222 e. The van der Waals surface area contributed by atoms with Gasteiger partial charge in [-0.3, -0.25) is 4.79 Å². The lowest BCUT2D eigenvalue weighted by atomic mass is 10.0. The summed E-state index contributed by atoms with van der Waals surface area (Å²) in [6.45, 7) is 3.21. The van der Waals surface area contributed by atoms with Crippen LogP contribution in [-0.2, 0) is 11.2 Å². The van der Waals surface area contributed by atoms with Crippen molar-refractivity contribution in [2.24, 2.45) is 11.7 Å². The summed E-state index contributed by atoms with van der Waals surface area (Å²) in [5.41, 5.74) is 6.55. The highest BCUT2D eigenvalue weighted by Gasteiger charge is 2.11. The molecule has 19 heavy (non-hydrogen) atoms. The number of rotatable bonds is 8. The third kappa shape index (κ3) is 5.30. The molecule has 4 nitrogen and oxygen atoms in total. The Hall–Kier alpha value is -1.55. The summed E-state index contributed by atoms with van der Waals surface area (Å²) < 4.78 is 5.28. The number of methoxy groups -OCH3 is 1.